The molecule has 2 aromatic rings. The molecule has 2 aromatic carbocycles. The highest BCUT2D eigenvalue weighted by Gasteiger charge is 2.27. The zero-order valence-electron chi connectivity index (χ0n) is 18.5. The molecule has 1 saturated heterocycles. The number of ether oxygens (including phenoxy) is 1. The molecule has 33 heavy (non-hydrogen) atoms. The first kappa shape index (κ1) is 24.9. The van der Waals surface area contributed by atoms with Gasteiger partial charge in [0.25, 0.3) is 5.91 Å². The van der Waals surface area contributed by atoms with Gasteiger partial charge in [0.1, 0.15) is 5.82 Å². The van der Waals surface area contributed by atoms with Gasteiger partial charge in [-0.3, -0.25) is 4.79 Å². The van der Waals surface area contributed by atoms with E-state index in [0.717, 1.165) is 42.4 Å². The van der Waals surface area contributed by atoms with Crippen LogP contribution in [0, 0.1) is 5.82 Å². The van der Waals surface area contributed by atoms with Crippen LogP contribution in [0.1, 0.15) is 30.1 Å². The Labute approximate surface area is 197 Å². The number of anilines is 2. The van der Waals surface area contributed by atoms with Gasteiger partial charge in [-0.1, -0.05) is 11.6 Å². The standard InChI is InChI=1S/C22H25ClFN3O5S/c1-14(21(28)25-19-8-6-15(24)12-18(19)23)32-22(29)17-13-16(33(30,31)26(2)3)7-9-20(17)27-10-4-5-11-27/h6-9,12-14H,4-5,10-11H2,1-3H3,(H,25,28)/t14-/m1/s1. The van der Waals surface area contributed by atoms with Crippen LogP contribution in [0.15, 0.2) is 41.3 Å². The van der Waals surface area contributed by atoms with Gasteiger partial charge >= 0.3 is 5.97 Å². The molecule has 11 heteroatoms. The summed E-state index contributed by atoms with van der Waals surface area (Å²) in [6.07, 6.45) is 0.673. The Kier molecular flexibility index (Phi) is 7.61. The molecule has 0 bridgehead atoms. The van der Waals surface area contributed by atoms with Gasteiger partial charge in [0.2, 0.25) is 10.0 Å². The minimum atomic E-state index is -3.78. The van der Waals surface area contributed by atoms with E-state index in [1.165, 1.54) is 39.2 Å². The summed E-state index contributed by atoms with van der Waals surface area (Å²) in [5, 5.41) is 2.49. The Bertz CT molecular complexity index is 1170. The third-order valence-corrected chi connectivity index (χ3v) is 7.38. The van der Waals surface area contributed by atoms with E-state index >= 15 is 0 Å². The fourth-order valence-electron chi connectivity index (χ4n) is 3.39. The highest BCUT2D eigenvalue weighted by atomic mass is 35.5. The molecule has 178 valence electrons. The summed E-state index contributed by atoms with van der Waals surface area (Å²) in [7, 11) is -0.989. The van der Waals surface area contributed by atoms with Gasteiger partial charge in [-0.15, -0.1) is 0 Å². The summed E-state index contributed by atoms with van der Waals surface area (Å²) >= 11 is 5.93. The van der Waals surface area contributed by atoms with Gasteiger partial charge in [0.05, 0.1) is 26.9 Å². The molecule has 0 aliphatic carbocycles. The summed E-state index contributed by atoms with van der Waals surface area (Å²) < 4.78 is 44.8. The predicted molar refractivity (Wildman–Crippen MR) is 124 cm³/mol. The quantitative estimate of drug-likeness (QED) is 0.588. The average Bonchev–Trinajstić information content (AvgIpc) is 3.29. The lowest BCUT2D eigenvalue weighted by Crippen LogP contribution is -2.31. The van der Waals surface area contributed by atoms with Gasteiger partial charge in [0.15, 0.2) is 6.10 Å². The van der Waals surface area contributed by atoms with Crippen molar-refractivity contribution in [3.8, 4) is 0 Å². The number of carbonyl (C=O) groups is 2. The molecule has 0 saturated carbocycles. The van der Waals surface area contributed by atoms with Crippen molar-refractivity contribution in [3.63, 3.8) is 0 Å². The normalized spacial score (nSPS) is 14.9. The maximum Gasteiger partial charge on any atom is 0.341 e. The SMILES string of the molecule is C[C@@H](OC(=O)c1cc(S(=O)(=O)N(C)C)ccc1N1CCCC1)C(=O)Nc1ccc(F)cc1Cl. The zero-order chi connectivity index (χ0) is 24.3. The van der Waals surface area contributed by atoms with Crippen LogP contribution in [0.3, 0.4) is 0 Å². The first-order valence-electron chi connectivity index (χ1n) is 10.3. The molecular formula is C22H25ClFN3O5S. The minimum Gasteiger partial charge on any atom is -0.449 e. The highest BCUT2D eigenvalue weighted by Crippen LogP contribution is 2.29. The van der Waals surface area contributed by atoms with Crippen LogP contribution in [0.5, 0.6) is 0 Å². The largest absolute Gasteiger partial charge is 0.449 e. The van der Waals surface area contributed by atoms with Crippen LogP contribution in [0.25, 0.3) is 0 Å². The Morgan fingerprint density at radius 1 is 1.15 bits per heavy atom. The van der Waals surface area contributed by atoms with Crippen molar-refractivity contribution >= 4 is 44.9 Å². The number of sulfonamides is 1. The average molecular weight is 498 g/mol. The molecule has 1 aliphatic rings. The van der Waals surface area contributed by atoms with E-state index in [2.05, 4.69) is 5.32 Å². The molecule has 0 aromatic heterocycles. The van der Waals surface area contributed by atoms with Crippen molar-refractivity contribution in [3.05, 3.63) is 52.8 Å². The van der Waals surface area contributed by atoms with Crippen molar-refractivity contribution in [1.29, 1.82) is 0 Å². The van der Waals surface area contributed by atoms with Crippen LogP contribution < -0.4 is 10.2 Å². The number of hydrogen-bond donors (Lipinski definition) is 1. The number of benzene rings is 2. The number of amides is 1. The van der Waals surface area contributed by atoms with Crippen molar-refractivity contribution in [2.24, 2.45) is 0 Å². The molecule has 1 aliphatic heterocycles. The summed E-state index contributed by atoms with van der Waals surface area (Å²) in [6.45, 7) is 2.82. The van der Waals surface area contributed by atoms with E-state index < -0.39 is 33.8 Å². The summed E-state index contributed by atoms with van der Waals surface area (Å²) in [5.74, 6) is -2.06. The number of rotatable bonds is 7. The number of esters is 1. The molecule has 0 spiro atoms. The number of nitrogens with zero attached hydrogens (tertiary/aromatic N) is 2. The Balaban J connectivity index is 1.85. The lowest BCUT2D eigenvalue weighted by molar-refractivity contribution is -0.123. The molecule has 1 fully saturated rings. The fourth-order valence-corrected chi connectivity index (χ4v) is 4.53. The first-order valence-corrected chi connectivity index (χ1v) is 12.1. The molecule has 1 heterocycles. The number of hydrogen-bond acceptors (Lipinski definition) is 6. The Hall–Kier alpha value is -2.69. The lowest BCUT2D eigenvalue weighted by Gasteiger charge is -2.23. The van der Waals surface area contributed by atoms with Crippen LogP contribution in [-0.4, -0.2) is 57.9 Å². The molecule has 3 rings (SSSR count). The van der Waals surface area contributed by atoms with E-state index in [0.29, 0.717) is 5.69 Å². The topological polar surface area (TPSA) is 96.0 Å². The number of nitrogens with one attached hydrogen (secondary N) is 1. The maximum absolute atomic E-state index is 13.2. The maximum atomic E-state index is 13.2. The van der Waals surface area contributed by atoms with Gasteiger partial charge < -0.3 is 15.0 Å². The molecule has 8 nitrogen and oxygen atoms in total. The summed E-state index contributed by atoms with van der Waals surface area (Å²) in [4.78, 5) is 27.5. The van der Waals surface area contributed by atoms with Crippen molar-refractivity contribution in [1.82, 2.24) is 4.31 Å². The van der Waals surface area contributed by atoms with Gasteiger partial charge in [0, 0.05) is 27.2 Å². The molecule has 0 radical (unpaired) electrons. The monoisotopic (exact) mass is 497 g/mol. The van der Waals surface area contributed by atoms with Crippen LogP contribution in [-0.2, 0) is 19.6 Å². The third-order valence-electron chi connectivity index (χ3n) is 5.26. The fraction of sp³-hybridized carbons (Fsp3) is 0.364. The Morgan fingerprint density at radius 2 is 1.82 bits per heavy atom. The van der Waals surface area contributed by atoms with Gasteiger partial charge in [-0.05, 0) is 56.2 Å². The van der Waals surface area contributed by atoms with E-state index in [-0.39, 0.29) is 21.2 Å². The van der Waals surface area contributed by atoms with Crippen LogP contribution in [0.4, 0.5) is 15.8 Å². The molecular weight excluding hydrogens is 473 g/mol. The number of carbonyl (C=O) groups excluding carboxylic acids is 2. The second-order valence-corrected chi connectivity index (χ2v) is 10.4. The van der Waals surface area contributed by atoms with Crippen LogP contribution >= 0.6 is 11.6 Å². The lowest BCUT2D eigenvalue weighted by atomic mass is 10.1. The van der Waals surface area contributed by atoms with Crippen molar-refractivity contribution in [2.75, 3.05) is 37.4 Å². The molecule has 1 N–H and O–H groups in total. The van der Waals surface area contributed by atoms with Crippen LogP contribution in [0.2, 0.25) is 5.02 Å². The molecule has 0 unspecified atom stereocenters. The second-order valence-electron chi connectivity index (χ2n) is 7.82. The molecule has 1 atom stereocenters. The third kappa shape index (κ3) is 5.63. The predicted octanol–water partition coefficient (Wildman–Crippen LogP) is 3.51. The highest BCUT2D eigenvalue weighted by molar-refractivity contribution is 7.89. The van der Waals surface area contributed by atoms with E-state index in [1.807, 2.05) is 4.90 Å². The van der Waals surface area contributed by atoms with E-state index in [9.17, 15) is 22.4 Å². The smallest absolute Gasteiger partial charge is 0.341 e. The van der Waals surface area contributed by atoms with Gasteiger partial charge in [-0.2, -0.15) is 0 Å². The zero-order valence-corrected chi connectivity index (χ0v) is 20.0. The molecule has 1 amide bonds. The Morgan fingerprint density at radius 3 is 2.42 bits per heavy atom. The summed E-state index contributed by atoms with van der Waals surface area (Å²) in [5.41, 5.74) is 0.770. The van der Waals surface area contributed by atoms with Crippen molar-refractivity contribution in [2.45, 2.75) is 30.8 Å². The van der Waals surface area contributed by atoms with E-state index in [1.54, 1.807) is 6.07 Å². The van der Waals surface area contributed by atoms with Crippen molar-refractivity contribution < 1.29 is 27.1 Å². The number of halogens is 2. The minimum absolute atomic E-state index is 0.000195. The summed E-state index contributed by atoms with van der Waals surface area (Å²) in [6, 6.07) is 7.79. The van der Waals surface area contributed by atoms with E-state index in [4.69, 9.17) is 16.3 Å². The second kappa shape index (κ2) is 10.1. The van der Waals surface area contributed by atoms with Gasteiger partial charge in [-0.25, -0.2) is 21.9 Å². The first-order chi connectivity index (χ1) is 15.5.